The lowest BCUT2D eigenvalue weighted by Crippen LogP contribution is -2.47. The maximum atomic E-state index is 13.2. The van der Waals surface area contributed by atoms with E-state index in [1.807, 2.05) is 20.8 Å². The molecule has 1 aromatic carbocycles. The number of rotatable bonds is 6. The molecule has 0 spiro atoms. The summed E-state index contributed by atoms with van der Waals surface area (Å²) in [5, 5.41) is 0. The van der Waals surface area contributed by atoms with Crippen molar-refractivity contribution in [2.24, 2.45) is 5.41 Å². The largest absolute Gasteiger partial charge is 0.330 e. The van der Waals surface area contributed by atoms with E-state index in [2.05, 4.69) is 22.0 Å². The van der Waals surface area contributed by atoms with Crippen molar-refractivity contribution in [1.82, 2.24) is 4.90 Å². The van der Waals surface area contributed by atoms with Gasteiger partial charge in [-0.25, -0.2) is 4.90 Å². The van der Waals surface area contributed by atoms with Gasteiger partial charge in [0.05, 0.1) is 12.1 Å². The first-order chi connectivity index (χ1) is 14.2. The van der Waals surface area contributed by atoms with Crippen LogP contribution in [0.15, 0.2) is 40.4 Å². The van der Waals surface area contributed by atoms with Gasteiger partial charge in [0.2, 0.25) is 11.8 Å². The highest BCUT2D eigenvalue weighted by molar-refractivity contribution is 9.10. The average molecular weight is 475 g/mol. The van der Waals surface area contributed by atoms with Crippen LogP contribution >= 0.6 is 15.9 Å². The van der Waals surface area contributed by atoms with Crippen molar-refractivity contribution in [1.29, 1.82) is 0 Å². The number of anilines is 1. The van der Waals surface area contributed by atoms with Gasteiger partial charge in [0.1, 0.15) is 6.04 Å². The van der Waals surface area contributed by atoms with Gasteiger partial charge >= 0.3 is 0 Å². The minimum Gasteiger partial charge on any atom is -0.330 e. The molecule has 0 radical (unpaired) electrons. The summed E-state index contributed by atoms with van der Waals surface area (Å²) in [6.07, 6.45) is 7.98. The van der Waals surface area contributed by atoms with E-state index in [0.29, 0.717) is 18.7 Å². The highest BCUT2D eigenvalue weighted by Crippen LogP contribution is 2.30. The Morgan fingerprint density at radius 3 is 2.47 bits per heavy atom. The summed E-state index contributed by atoms with van der Waals surface area (Å²) in [7, 11) is 0. The molecule has 1 atom stereocenters. The molecule has 1 fully saturated rings. The number of benzene rings is 1. The fraction of sp³-hybridized carbons (Fsp3) is 0.542. The van der Waals surface area contributed by atoms with Crippen molar-refractivity contribution in [3.63, 3.8) is 0 Å². The normalized spacial score (nSPS) is 19.8. The molecule has 1 heterocycles. The number of amides is 3. The molecule has 30 heavy (non-hydrogen) atoms. The molecule has 3 rings (SSSR count). The van der Waals surface area contributed by atoms with Crippen LogP contribution in [0.5, 0.6) is 0 Å². The predicted octanol–water partition coefficient (Wildman–Crippen LogP) is 5.24. The molecule has 0 saturated carbocycles. The number of nitrogens with zero attached hydrogens (tertiary/aromatic N) is 2. The van der Waals surface area contributed by atoms with E-state index in [1.165, 1.54) is 23.3 Å². The van der Waals surface area contributed by atoms with Crippen molar-refractivity contribution in [3.05, 3.63) is 40.4 Å². The predicted molar refractivity (Wildman–Crippen MR) is 122 cm³/mol. The summed E-state index contributed by atoms with van der Waals surface area (Å²) in [6, 6.07) is 6.38. The smallest absolute Gasteiger partial charge is 0.257 e. The van der Waals surface area contributed by atoms with E-state index < -0.39 is 6.04 Å². The molecule has 1 aliphatic carbocycles. The van der Waals surface area contributed by atoms with Crippen molar-refractivity contribution >= 4 is 39.3 Å². The first-order valence-electron chi connectivity index (χ1n) is 10.8. The topological polar surface area (TPSA) is 57.7 Å². The lowest BCUT2D eigenvalue weighted by atomic mass is 9.91. The second kappa shape index (κ2) is 9.46. The van der Waals surface area contributed by atoms with E-state index in [-0.39, 0.29) is 29.6 Å². The molecule has 1 aliphatic heterocycles. The van der Waals surface area contributed by atoms with Crippen LogP contribution in [0.4, 0.5) is 5.69 Å². The Bertz CT molecular complexity index is 839. The number of carbonyl (C=O) groups excluding carboxylic acids is 3. The SMILES string of the molecule is CC(C)(C)CC(=O)N(CCC1=CCCCC1)C1CC(=O)N(c2ccc(Br)cc2)C1=O. The summed E-state index contributed by atoms with van der Waals surface area (Å²) in [6.45, 7) is 6.53. The summed E-state index contributed by atoms with van der Waals surface area (Å²) >= 11 is 3.38. The summed E-state index contributed by atoms with van der Waals surface area (Å²) in [4.78, 5) is 42.1. The van der Waals surface area contributed by atoms with Crippen molar-refractivity contribution in [2.45, 2.75) is 71.8 Å². The molecule has 5 nitrogen and oxygen atoms in total. The first kappa shape index (κ1) is 22.7. The number of imide groups is 1. The Kier molecular flexibility index (Phi) is 7.17. The van der Waals surface area contributed by atoms with Crippen LogP contribution in [-0.4, -0.2) is 35.2 Å². The summed E-state index contributed by atoms with van der Waals surface area (Å²) < 4.78 is 0.879. The van der Waals surface area contributed by atoms with E-state index in [1.54, 1.807) is 29.2 Å². The zero-order chi connectivity index (χ0) is 21.9. The third-order valence-corrected chi connectivity index (χ3v) is 6.17. The molecular weight excluding hydrogens is 444 g/mol. The van der Waals surface area contributed by atoms with Gasteiger partial charge in [0.15, 0.2) is 0 Å². The minimum absolute atomic E-state index is 0.0455. The average Bonchev–Trinajstić information content (AvgIpc) is 2.96. The van der Waals surface area contributed by atoms with Crippen LogP contribution in [0.2, 0.25) is 0 Å². The number of hydrogen-bond donors (Lipinski definition) is 0. The fourth-order valence-corrected chi connectivity index (χ4v) is 4.39. The van der Waals surface area contributed by atoms with Crippen molar-refractivity contribution in [2.75, 3.05) is 11.4 Å². The molecule has 1 aromatic rings. The zero-order valence-electron chi connectivity index (χ0n) is 18.1. The quantitative estimate of drug-likeness (QED) is 0.418. The van der Waals surface area contributed by atoms with Gasteiger partial charge in [-0.15, -0.1) is 0 Å². The van der Waals surface area contributed by atoms with Crippen LogP contribution < -0.4 is 4.90 Å². The standard InChI is InChI=1S/C24H31BrN2O3/c1-24(2,3)16-22(29)26(14-13-17-7-5-4-6-8-17)20-15-21(28)27(23(20)30)19-11-9-18(25)10-12-19/h7,9-12,20H,4-6,8,13-16H2,1-3H3. The highest BCUT2D eigenvalue weighted by Gasteiger charge is 2.44. The van der Waals surface area contributed by atoms with Crippen LogP contribution in [0, 0.1) is 5.41 Å². The number of hydrogen-bond acceptors (Lipinski definition) is 3. The maximum Gasteiger partial charge on any atom is 0.257 e. The Morgan fingerprint density at radius 1 is 1.17 bits per heavy atom. The Morgan fingerprint density at radius 2 is 1.87 bits per heavy atom. The molecule has 0 bridgehead atoms. The maximum absolute atomic E-state index is 13.2. The Labute approximate surface area is 187 Å². The highest BCUT2D eigenvalue weighted by atomic mass is 79.9. The van der Waals surface area contributed by atoms with Crippen LogP contribution in [0.3, 0.4) is 0 Å². The van der Waals surface area contributed by atoms with Crippen molar-refractivity contribution < 1.29 is 14.4 Å². The number of allylic oxidation sites excluding steroid dienone is 1. The molecule has 0 aromatic heterocycles. The van der Waals surface area contributed by atoms with E-state index >= 15 is 0 Å². The lowest BCUT2D eigenvalue weighted by Gasteiger charge is -2.31. The van der Waals surface area contributed by atoms with Gasteiger partial charge < -0.3 is 4.90 Å². The molecule has 3 amide bonds. The monoisotopic (exact) mass is 474 g/mol. The number of carbonyl (C=O) groups is 3. The third-order valence-electron chi connectivity index (χ3n) is 5.64. The molecule has 6 heteroatoms. The van der Waals surface area contributed by atoms with Crippen LogP contribution in [0.25, 0.3) is 0 Å². The van der Waals surface area contributed by atoms with Crippen LogP contribution in [0.1, 0.15) is 65.7 Å². The fourth-order valence-electron chi connectivity index (χ4n) is 4.13. The summed E-state index contributed by atoms with van der Waals surface area (Å²) in [5.74, 6) is -0.609. The molecule has 0 N–H and O–H groups in total. The van der Waals surface area contributed by atoms with Gasteiger partial charge in [-0.05, 0) is 61.8 Å². The second-order valence-electron chi connectivity index (χ2n) is 9.45. The summed E-state index contributed by atoms with van der Waals surface area (Å²) in [5.41, 5.74) is 1.72. The zero-order valence-corrected chi connectivity index (χ0v) is 19.7. The van der Waals surface area contributed by atoms with Gasteiger partial charge in [0, 0.05) is 17.4 Å². The molecule has 1 unspecified atom stereocenters. The van der Waals surface area contributed by atoms with Gasteiger partial charge in [-0.3, -0.25) is 14.4 Å². The Balaban J connectivity index is 1.81. The molecule has 1 saturated heterocycles. The Hall–Kier alpha value is -1.95. The molecule has 2 aliphatic rings. The molecular formula is C24H31BrN2O3. The molecule has 162 valence electrons. The van der Waals surface area contributed by atoms with Crippen molar-refractivity contribution in [3.8, 4) is 0 Å². The third kappa shape index (κ3) is 5.60. The first-order valence-corrected chi connectivity index (χ1v) is 11.5. The lowest BCUT2D eigenvalue weighted by molar-refractivity contribution is -0.139. The second-order valence-corrected chi connectivity index (χ2v) is 10.4. The van der Waals surface area contributed by atoms with E-state index in [0.717, 1.165) is 23.7 Å². The minimum atomic E-state index is -0.722. The van der Waals surface area contributed by atoms with Gasteiger partial charge in [-0.1, -0.05) is 48.4 Å². The van der Waals surface area contributed by atoms with E-state index in [4.69, 9.17) is 0 Å². The van der Waals surface area contributed by atoms with Gasteiger partial charge in [-0.2, -0.15) is 0 Å². The van der Waals surface area contributed by atoms with Crippen LogP contribution in [-0.2, 0) is 14.4 Å². The van der Waals surface area contributed by atoms with E-state index in [9.17, 15) is 14.4 Å². The number of halogens is 1. The van der Waals surface area contributed by atoms with Gasteiger partial charge in [0.25, 0.3) is 5.91 Å².